The van der Waals surface area contributed by atoms with Gasteiger partial charge in [-0.25, -0.2) is 0 Å². The summed E-state index contributed by atoms with van der Waals surface area (Å²) in [7, 11) is 5.71. The highest BCUT2D eigenvalue weighted by Crippen LogP contribution is 2.05. The number of nitrogens with zero attached hydrogens (tertiary/aromatic N) is 1. The molecule has 9 nitrogen and oxygen atoms in total. The van der Waals surface area contributed by atoms with Gasteiger partial charge >= 0.3 is 11.9 Å². The van der Waals surface area contributed by atoms with Gasteiger partial charge in [-0.2, -0.15) is 0 Å². The quantitative estimate of drug-likeness (QED) is 0.261. The van der Waals surface area contributed by atoms with Gasteiger partial charge in [0, 0.05) is 18.8 Å². The minimum absolute atomic E-state index is 0. The number of ether oxygens (including phenoxy) is 1. The number of quaternary nitrogens is 1. The Morgan fingerprint density at radius 2 is 1.69 bits per heavy atom. The molecule has 2 atom stereocenters. The fourth-order valence-electron chi connectivity index (χ4n) is 1.67. The van der Waals surface area contributed by atoms with Crippen LogP contribution in [0.2, 0.25) is 0 Å². The second-order valence-corrected chi connectivity index (χ2v) is 6.39. The summed E-state index contributed by atoms with van der Waals surface area (Å²) in [6.45, 7) is 2.63. The molecule has 0 saturated carbocycles. The normalized spacial score (nSPS) is 12.2. The van der Waals surface area contributed by atoms with E-state index in [4.69, 9.17) is 21.3 Å². The van der Waals surface area contributed by atoms with Gasteiger partial charge in [-0.1, -0.05) is 6.92 Å². The number of rotatable bonds is 10. The number of hydrogen-bond acceptors (Lipinski definition) is 7. The average Bonchev–Trinajstić information content (AvgIpc) is 2.42. The minimum atomic E-state index is -1.20. The van der Waals surface area contributed by atoms with Crippen molar-refractivity contribution in [3.8, 4) is 0 Å². The van der Waals surface area contributed by atoms with Crippen LogP contribution in [0.15, 0.2) is 0 Å². The Morgan fingerprint density at radius 3 is 2.00 bits per heavy atom. The number of carboxylic acid groups (broad SMARTS) is 2. The summed E-state index contributed by atoms with van der Waals surface area (Å²) in [5, 5.41) is 18.7. The molecular weight excluding hydrogens is 478 g/mol. The predicted molar refractivity (Wildman–Crippen MR) is 107 cm³/mol. The lowest BCUT2D eigenvalue weighted by Gasteiger charge is -2.29. The monoisotopic (exact) mass is 509 g/mol. The summed E-state index contributed by atoms with van der Waals surface area (Å²) in [6, 6.07) is -0.742. The molecule has 0 bridgehead atoms. The Labute approximate surface area is 176 Å². The van der Waals surface area contributed by atoms with Crippen LogP contribution in [0.4, 0.5) is 0 Å². The van der Waals surface area contributed by atoms with Gasteiger partial charge in [0.05, 0.1) is 21.1 Å². The largest absolute Gasteiger partial charge is 0.550 e. The highest BCUT2D eigenvalue weighted by molar-refractivity contribution is 8.93. The maximum absolute atomic E-state index is 11.0. The van der Waals surface area contributed by atoms with Crippen LogP contribution in [-0.4, -0.2) is 73.9 Å². The number of hydrogen-bond donors (Lipinski definition) is 3. The van der Waals surface area contributed by atoms with Gasteiger partial charge in [0.15, 0.2) is 6.10 Å². The van der Waals surface area contributed by atoms with Crippen molar-refractivity contribution >= 4 is 51.9 Å². The summed E-state index contributed by atoms with van der Waals surface area (Å²) < 4.78 is 5.55. The number of esters is 1. The van der Waals surface area contributed by atoms with Crippen molar-refractivity contribution in [3.05, 3.63) is 0 Å². The van der Waals surface area contributed by atoms with Crippen LogP contribution in [0.1, 0.15) is 32.6 Å². The van der Waals surface area contributed by atoms with Crippen molar-refractivity contribution < 1.29 is 33.8 Å². The Bertz CT molecular complexity index is 405. The first kappa shape index (κ1) is 32.9. The van der Waals surface area contributed by atoms with Gasteiger partial charge < -0.3 is 35.7 Å². The minimum Gasteiger partial charge on any atom is -0.550 e. The third-order valence-electron chi connectivity index (χ3n) is 2.77. The van der Waals surface area contributed by atoms with E-state index in [9.17, 15) is 19.5 Å². The fraction of sp³-hybridized carbons (Fsp3) is 0.800. The van der Waals surface area contributed by atoms with Crippen molar-refractivity contribution in [2.45, 2.75) is 44.8 Å². The van der Waals surface area contributed by atoms with E-state index < -0.39 is 24.1 Å². The van der Waals surface area contributed by atoms with E-state index in [-0.39, 0.29) is 52.8 Å². The summed E-state index contributed by atoms with van der Waals surface area (Å²) in [5.74, 6) is -2.53. The van der Waals surface area contributed by atoms with Gasteiger partial charge in [0.1, 0.15) is 12.6 Å². The number of likely N-dealkylation sites (N-methyl/N-ethyl adjacent to an activating group) is 1. The van der Waals surface area contributed by atoms with Crippen molar-refractivity contribution in [1.82, 2.24) is 0 Å². The van der Waals surface area contributed by atoms with Gasteiger partial charge in [0.2, 0.25) is 0 Å². The number of aliphatic carboxylic acids is 2. The second-order valence-electron chi connectivity index (χ2n) is 6.39. The molecule has 0 aliphatic heterocycles. The molecule has 0 aromatic rings. The zero-order valence-electron chi connectivity index (χ0n) is 15.8. The molecule has 0 aromatic carbocycles. The van der Waals surface area contributed by atoms with Crippen molar-refractivity contribution in [2.75, 3.05) is 34.2 Å². The molecule has 2 unspecified atom stereocenters. The van der Waals surface area contributed by atoms with Crippen LogP contribution < -0.4 is 16.6 Å². The number of nitrogens with two attached hydrogens (primary N) is 2. The lowest BCUT2D eigenvalue weighted by atomic mass is 10.2. The summed E-state index contributed by atoms with van der Waals surface area (Å²) >= 11 is 0. The SMILES string of the molecule is Br.Br.CCC(=O)OC(CC(=O)[O-])C[N+](C)(C)C.NCCCC(N)C(=O)O. The molecular formula is C15H33Br2N3O6. The van der Waals surface area contributed by atoms with Crippen LogP contribution in [0.5, 0.6) is 0 Å². The molecule has 0 spiro atoms. The molecule has 0 aliphatic rings. The van der Waals surface area contributed by atoms with Crippen LogP contribution in [-0.2, 0) is 19.1 Å². The van der Waals surface area contributed by atoms with Crippen LogP contribution in [0, 0.1) is 0 Å². The van der Waals surface area contributed by atoms with E-state index >= 15 is 0 Å². The first-order valence-corrected chi connectivity index (χ1v) is 7.81. The molecule has 11 heteroatoms. The number of carbonyl (C=O) groups excluding carboxylic acids is 2. The van der Waals surface area contributed by atoms with Crippen molar-refractivity contribution in [1.29, 1.82) is 0 Å². The fourth-order valence-corrected chi connectivity index (χ4v) is 1.67. The molecule has 5 N–H and O–H groups in total. The molecule has 0 amide bonds. The van der Waals surface area contributed by atoms with Gasteiger partial charge in [-0.3, -0.25) is 9.59 Å². The molecule has 26 heavy (non-hydrogen) atoms. The molecule has 0 saturated heterocycles. The highest BCUT2D eigenvalue weighted by Gasteiger charge is 2.21. The Morgan fingerprint density at radius 1 is 1.19 bits per heavy atom. The molecule has 0 aromatic heterocycles. The van der Waals surface area contributed by atoms with Gasteiger partial charge in [0.25, 0.3) is 0 Å². The molecule has 158 valence electrons. The van der Waals surface area contributed by atoms with E-state index in [0.717, 1.165) is 0 Å². The average molecular weight is 511 g/mol. The predicted octanol–water partition coefficient (Wildman–Crippen LogP) is -0.553. The third-order valence-corrected chi connectivity index (χ3v) is 2.77. The Kier molecular flexibility index (Phi) is 22.3. The molecule has 0 heterocycles. The smallest absolute Gasteiger partial charge is 0.320 e. The first-order valence-electron chi connectivity index (χ1n) is 7.81. The van der Waals surface area contributed by atoms with Gasteiger partial charge in [-0.05, 0) is 19.4 Å². The standard InChI is InChI=1S/C10H19NO4.C5H12N2O2.2BrH/c1-5-10(14)15-8(6-9(12)13)7-11(2,3)4;6-3-1-2-4(7)5(8)9;;/h8H,5-7H2,1-4H3;4H,1-3,6-7H2,(H,8,9);2*1H. The van der Waals surface area contributed by atoms with E-state index in [0.29, 0.717) is 30.4 Å². The molecule has 0 aliphatic carbocycles. The van der Waals surface area contributed by atoms with Crippen LogP contribution >= 0.6 is 34.0 Å². The first-order chi connectivity index (χ1) is 10.9. The van der Waals surface area contributed by atoms with Crippen LogP contribution in [0.3, 0.4) is 0 Å². The molecule has 0 rings (SSSR count). The van der Waals surface area contributed by atoms with Crippen molar-refractivity contribution in [2.24, 2.45) is 11.5 Å². The Balaban J connectivity index is -0.000000192. The van der Waals surface area contributed by atoms with Crippen LogP contribution in [0.25, 0.3) is 0 Å². The maximum atomic E-state index is 11.0. The maximum Gasteiger partial charge on any atom is 0.320 e. The third kappa shape index (κ3) is 23.2. The zero-order valence-corrected chi connectivity index (χ0v) is 19.2. The number of halogens is 2. The number of carboxylic acids is 2. The zero-order chi connectivity index (χ0) is 19.3. The molecule has 0 fully saturated rings. The van der Waals surface area contributed by atoms with E-state index in [2.05, 4.69) is 0 Å². The summed E-state index contributed by atoms with van der Waals surface area (Å²) in [6.07, 6.45) is 0.531. The lowest BCUT2D eigenvalue weighted by molar-refractivity contribution is -0.873. The summed E-state index contributed by atoms with van der Waals surface area (Å²) in [5.41, 5.74) is 10.3. The Hall–Kier alpha value is -0.750. The molecule has 0 radical (unpaired) electrons. The highest BCUT2D eigenvalue weighted by atomic mass is 79.9. The van der Waals surface area contributed by atoms with E-state index in [1.165, 1.54) is 0 Å². The van der Waals surface area contributed by atoms with Gasteiger partial charge in [-0.15, -0.1) is 34.0 Å². The lowest BCUT2D eigenvalue weighted by Crippen LogP contribution is -2.45. The second kappa shape index (κ2) is 17.7. The topological polar surface area (TPSA) is 156 Å². The van der Waals surface area contributed by atoms with E-state index in [1.807, 2.05) is 21.1 Å². The summed E-state index contributed by atoms with van der Waals surface area (Å²) in [4.78, 5) is 31.5. The number of carbonyl (C=O) groups is 3. The van der Waals surface area contributed by atoms with E-state index in [1.54, 1.807) is 6.92 Å². The van der Waals surface area contributed by atoms with Crippen molar-refractivity contribution in [3.63, 3.8) is 0 Å².